The minimum atomic E-state index is -0.592. The third-order valence-electron chi connectivity index (χ3n) is 3.21. The fraction of sp³-hybridized carbons (Fsp3) is 0.500. The van der Waals surface area contributed by atoms with E-state index in [1.54, 1.807) is 4.90 Å². The molecule has 1 saturated heterocycles. The van der Waals surface area contributed by atoms with Crippen LogP contribution in [0.5, 0.6) is 0 Å². The molecule has 9 nitrogen and oxygen atoms in total. The van der Waals surface area contributed by atoms with Gasteiger partial charge in [-0.1, -0.05) is 0 Å². The smallest absolute Gasteiger partial charge is 0.353 e. The summed E-state index contributed by atoms with van der Waals surface area (Å²) in [5, 5.41) is 11.0. The maximum Gasteiger partial charge on any atom is 0.353 e. The molecule has 1 aliphatic heterocycles. The fourth-order valence-electron chi connectivity index (χ4n) is 2.16. The number of rotatable bonds is 3. The van der Waals surface area contributed by atoms with Gasteiger partial charge in [0, 0.05) is 19.0 Å². The van der Waals surface area contributed by atoms with E-state index in [2.05, 4.69) is 9.97 Å². The number of anilines is 2. The summed E-state index contributed by atoms with van der Waals surface area (Å²) in [7, 11) is 0. The van der Waals surface area contributed by atoms with Crippen LogP contribution in [0.1, 0.15) is 12.8 Å². The van der Waals surface area contributed by atoms with Crippen molar-refractivity contribution in [2.24, 2.45) is 11.7 Å². The first kappa shape index (κ1) is 13.0. The summed E-state index contributed by atoms with van der Waals surface area (Å²) in [6.07, 6.45) is 2.30. The van der Waals surface area contributed by atoms with Crippen molar-refractivity contribution in [2.45, 2.75) is 12.8 Å². The van der Waals surface area contributed by atoms with Gasteiger partial charge < -0.3 is 16.4 Å². The average Bonchev–Trinajstić information content (AvgIpc) is 2.38. The van der Waals surface area contributed by atoms with E-state index in [-0.39, 0.29) is 29.1 Å². The number of nitrogen functional groups attached to an aromatic ring is 1. The molecule has 1 fully saturated rings. The number of hydrogen-bond acceptors (Lipinski definition) is 7. The summed E-state index contributed by atoms with van der Waals surface area (Å²) < 4.78 is 0. The number of primary amides is 1. The Balaban J connectivity index is 2.22. The number of nitro groups is 1. The average molecular weight is 266 g/mol. The third-order valence-corrected chi connectivity index (χ3v) is 3.21. The standard InChI is InChI=1S/C10H14N6O3/c11-8-7(16(18)19)10(14-5-13-8)15-3-1-6(2-4-15)9(12)17/h5-6H,1-4H2,(H2,12,17)(H2,11,13,14). The number of piperidine rings is 1. The molecule has 1 amide bonds. The van der Waals surface area contributed by atoms with E-state index >= 15 is 0 Å². The van der Waals surface area contributed by atoms with Crippen molar-refractivity contribution >= 4 is 23.2 Å². The highest BCUT2D eigenvalue weighted by Gasteiger charge is 2.30. The second-order valence-electron chi connectivity index (χ2n) is 4.35. The van der Waals surface area contributed by atoms with Gasteiger partial charge in [-0.25, -0.2) is 9.97 Å². The zero-order valence-electron chi connectivity index (χ0n) is 10.2. The molecular formula is C10H14N6O3. The summed E-state index contributed by atoms with van der Waals surface area (Å²) in [6.45, 7) is 0.954. The molecule has 0 bridgehead atoms. The van der Waals surface area contributed by atoms with Crippen LogP contribution in [-0.4, -0.2) is 33.9 Å². The minimum Gasteiger partial charge on any atom is -0.378 e. The zero-order valence-corrected chi connectivity index (χ0v) is 10.2. The Bertz CT molecular complexity index is 512. The molecule has 1 aromatic heterocycles. The van der Waals surface area contributed by atoms with Gasteiger partial charge >= 0.3 is 5.69 Å². The summed E-state index contributed by atoms with van der Waals surface area (Å²) in [5.74, 6) is -0.488. The van der Waals surface area contributed by atoms with Crippen LogP contribution >= 0.6 is 0 Å². The number of nitrogens with two attached hydrogens (primary N) is 2. The highest BCUT2D eigenvalue weighted by Crippen LogP contribution is 2.32. The predicted octanol–water partition coefficient (Wildman–Crippen LogP) is -0.331. The Morgan fingerprint density at radius 3 is 2.58 bits per heavy atom. The molecule has 0 saturated carbocycles. The van der Waals surface area contributed by atoms with Crippen LogP contribution in [0.4, 0.5) is 17.3 Å². The highest BCUT2D eigenvalue weighted by molar-refractivity contribution is 5.77. The lowest BCUT2D eigenvalue weighted by molar-refractivity contribution is -0.383. The first-order chi connectivity index (χ1) is 9.00. The SMILES string of the molecule is NC(=O)C1CCN(c2ncnc(N)c2[N+](=O)[O-])CC1. The summed E-state index contributed by atoms with van der Waals surface area (Å²) in [4.78, 5) is 30.8. The molecular weight excluding hydrogens is 252 g/mol. The van der Waals surface area contributed by atoms with Crippen molar-refractivity contribution in [1.29, 1.82) is 0 Å². The monoisotopic (exact) mass is 266 g/mol. The van der Waals surface area contributed by atoms with E-state index in [1.165, 1.54) is 6.33 Å². The molecule has 0 atom stereocenters. The van der Waals surface area contributed by atoms with E-state index in [0.717, 1.165) is 0 Å². The molecule has 102 valence electrons. The van der Waals surface area contributed by atoms with E-state index in [9.17, 15) is 14.9 Å². The Morgan fingerprint density at radius 1 is 1.42 bits per heavy atom. The highest BCUT2D eigenvalue weighted by atomic mass is 16.6. The number of carbonyl (C=O) groups excluding carboxylic acids is 1. The number of carbonyl (C=O) groups is 1. The van der Waals surface area contributed by atoms with Gasteiger partial charge in [0.15, 0.2) is 0 Å². The van der Waals surface area contributed by atoms with Gasteiger partial charge in [0.05, 0.1) is 4.92 Å². The fourth-order valence-corrected chi connectivity index (χ4v) is 2.16. The first-order valence-electron chi connectivity index (χ1n) is 5.80. The number of amides is 1. The van der Waals surface area contributed by atoms with Crippen molar-refractivity contribution in [1.82, 2.24) is 9.97 Å². The molecule has 0 radical (unpaired) electrons. The Kier molecular flexibility index (Phi) is 3.45. The second-order valence-corrected chi connectivity index (χ2v) is 4.35. The Labute approximate surface area is 108 Å². The van der Waals surface area contributed by atoms with Gasteiger partial charge in [-0.15, -0.1) is 0 Å². The summed E-state index contributed by atoms with van der Waals surface area (Å²) >= 11 is 0. The van der Waals surface area contributed by atoms with Gasteiger partial charge in [0.2, 0.25) is 17.5 Å². The second kappa shape index (κ2) is 5.04. The topological polar surface area (TPSA) is 141 Å². The lowest BCUT2D eigenvalue weighted by atomic mass is 9.96. The number of hydrogen-bond donors (Lipinski definition) is 2. The maximum absolute atomic E-state index is 11.1. The van der Waals surface area contributed by atoms with E-state index < -0.39 is 4.92 Å². The van der Waals surface area contributed by atoms with Gasteiger partial charge in [-0.3, -0.25) is 14.9 Å². The molecule has 0 spiro atoms. The zero-order chi connectivity index (χ0) is 14.0. The molecule has 0 aromatic carbocycles. The first-order valence-corrected chi connectivity index (χ1v) is 5.80. The molecule has 2 rings (SSSR count). The maximum atomic E-state index is 11.1. The van der Waals surface area contributed by atoms with Crippen LogP contribution in [0.2, 0.25) is 0 Å². The molecule has 9 heteroatoms. The van der Waals surface area contributed by atoms with Crippen molar-refractivity contribution in [3.8, 4) is 0 Å². The number of aromatic nitrogens is 2. The van der Waals surface area contributed by atoms with Crippen molar-refractivity contribution in [2.75, 3.05) is 23.7 Å². The van der Waals surface area contributed by atoms with Crippen LogP contribution in [0.15, 0.2) is 6.33 Å². The van der Waals surface area contributed by atoms with Gasteiger partial charge in [0.1, 0.15) is 6.33 Å². The lowest BCUT2D eigenvalue weighted by Crippen LogP contribution is -2.39. The lowest BCUT2D eigenvalue weighted by Gasteiger charge is -2.30. The molecule has 1 aromatic rings. The molecule has 0 aliphatic carbocycles. The van der Waals surface area contributed by atoms with E-state index in [4.69, 9.17) is 11.5 Å². The quantitative estimate of drug-likeness (QED) is 0.563. The molecule has 4 N–H and O–H groups in total. The Morgan fingerprint density at radius 2 is 2.05 bits per heavy atom. The molecule has 0 unspecified atom stereocenters. The van der Waals surface area contributed by atoms with Gasteiger partial charge in [-0.05, 0) is 12.8 Å². The normalized spacial score (nSPS) is 16.3. The van der Waals surface area contributed by atoms with E-state index in [1.807, 2.05) is 0 Å². The minimum absolute atomic E-state index is 0.160. The third kappa shape index (κ3) is 2.54. The van der Waals surface area contributed by atoms with Crippen LogP contribution < -0.4 is 16.4 Å². The summed E-state index contributed by atoms with van der Waals surface area (Å²) in [5.41, 5.74) is 10.5. The van der Waals surface area contributed by atoms with E-state index in [0.29, 0.717) is 25.9 Å². The van der Waals surface area contributed by atoms with Crippen LogP contribution in [-0.2, 0) is 4.79 Å². The van der Waals surface area contributed by atoms with Gasteiger partial charge in [-0.2, -0.15) is 0 Å². The molecule has 2 heterocycles. The van der Waals surface area contributed by atoms with Crippen molar-refractivity contribution in [3.05, 3.63) is 16.4 Å². The summed E-state index contributed by atoms with van der Waals surface area (Å²) in [6, 6.07) is 0. The van der Waals surface area contributed by atoms with Crippen molar-refractivity contribution < 1.29 is 9.72 Å². The number of nitrogens with zero attached hydrogens (tertiary/aromatic N) is 4. The molecule has 19 heavy (non-hydrogen) atoms. The van der Waals surface area contributed by atoms with Crippen LogP contribution in [0.25, 0.3) is 0 Å². The Hall–Kier alpha value is -2.45. The van der Waals surface area contributed by atoms with Crippen molar-refractivity contribution in [3.63, 3.8) is 0 Å². The van der Waals surface area contributed by atoms with Gasteiger partial charge in [0.25, 0.3) is 0 Å². The van der Waals surface area contributed by atoms with Crippen LogP contribution in [0, 0.1) is 16.0 Å². The molecule has 1 aliphatic rings. The predicted molar refractivity (Wildman–Crippen MR) is 67.2 cm³/mol. The van der Waals surface area contributed by atoms with Crippen LogP contribution in [0.3, 0.4) is 0 Å². The largest absolute Gasteiger partial charge is 0.378 e.